The van der Waals surface area contributed by atoms with E-state index in [-0.39, 0.29) is 24.0 Å². The lowest BCUT2D eigenvalue weighted by Crippen LogP contribution is -2.45. The highest BCUT2D eigenvalue weighted by Crippen LogP contribution is 2.27. The number of aryl methyl sites for hydroxylation is 1. The molecular formula is C27H35N3O4. The molecule has 0 spiro atoms. The fourth-order valence-corrected chi connectivity index (χ4v) is 4.69. The third-order valence-electron chi connectivity index (χ3n) is 6.27. The Labute approximate surface area is 201 Å². The first-order chi connectivity index (χ1) is 16.5. The SMILES string of the molecule is CC1CN(Cc2ccccc2CNC(=O)CCCOc2ccc3c(c2)CCC(=O)N3)CC(C)O1. The molecule has 7 heteroatoms. The number of hydrogen-bond donors (Lipinski definition) is 2. The predicted molar refractivity (Wildman–Crippen MR) is 132 cm³/mol. The van der Waals surface area contributed by atoms with Crippen molar-refractivity contribution in [1.82, 2.24) is 10.2 Å². The summed E-state index contributed by atoms with van der Waals surface area (Å²) in [5.74, 6) is 0.858. The first kappa shape index (κ1) is 24.2. The van der Waals surface area contributed by atoms with E-state index in [2.05, 4.69) is 47.6 Å². The summed E-state index contributed by atoms with van der Waals surface area (Å²) in [4.78, 5) is 26.3. The molecule has 2 amide bonds. The number of anilines is 1. The van der Waals surface area contributed by atoms with Crippen LogP contribution < -0.4 is 15.4 Å². The summed E-state index contributed by atoms with van der Waals surface area (Å²) in [7, 11) is 0. The fraction of sp³-hybridized carbons (Fsp3) is 0.481. The zero-order valence-electron chi connectivity index (χ0n) is 20.1. The molecule has 182 valence electrons. The van der Waals surface area contributed by atoms with Crippen molar-refractivity contribution in [2.45, 2.75) is 64.8 Å². The van der Waals surface area contributed by atoms with Gasteiger partial charge >= 0.3 is 0 Å². The van der Waals surface area contributed by atoms with Gasteiger partial charge in [0.25, 0.3) is 0 Å². The summed E-state index contributed by atoms with van der Waals surface area (Å²) in [5, 5.41) is 5.93. The van der Waals surface area contributed by atoms with Crippen LogP contribution in [0.3, 0.4) is 0 Å². The number of carbonyl (C=O) groups excluding carboxylic acids is 2. The first-order valence-electron chi connectivity index (χ1n) is 12.2. The van der Waals surface area contributed by atoms with Gasteiger partial charge in [-0.2, -0.15) is 0 Å². The summed E-state index contributed by atoms with van der Waals surface area (Å²) in [5.41, 5.74) is 4.35. The van der Waals surface area contributed by atoms with Gasteiger partial charge in [0.05, 0.1) is 18.8 Å². The average Bonchev–Trinajstić information content (AvgIpc) is 2.80. The van der Waals surface area contributed by atoms with Gasteiger partial charge in [-0.05, 0) is 61.6 Å². The molecule has 0 bridgehead atoms. The highest BCUT2D eigenvalue weighted by atomic mass is 16.5. The molecule has 7 nitrogen and oxygen atoms in total. The molecule has 0 aliphatic carbocycles. The number of benzene rings is 2. The number of fused-ring (bicyclic) bond motifs is 1. The molecule has 0 saturated carbocycles. The highest BCUT2D eigenvalue weighted by Gasteiger charge is 2.22. The van der Waals surface area contributed by atoms with Crippen molar-refractivity contribution in [2.75, 3.05) is 25.0 Å². The van der Waals surface area contributed by atoms with E-state index in [1.54, 1.807) is 0 Å². The van der Waals surface area contributed by atoms with Crippen LogP contribution >= 0.6 is 0 Å². The van der Waals surface area contributed by atoms with Crippen molar-refractivity contribution in [3.05, 3.63) is 59.2 Å². The quantitative estimate of drug-likeness (QED) is 0.553. The lowest BCUT2D eigenvalue weighted by molar-refractivity contribution is -0.121. The second-order valence-corrected chi connectivity index (χ2v) is 9.32. The van der Waals surface area contributed by atoms with E-state index in [9.17, 15) is 9.59 Å². The number of nitrogens with one attached hydrogen (secondary N) is 2. The number of hydrogen-bond acceptors (Lipinski definition) is 5. The van der Waals surface area contributed by atoms with Gasteiger partial charge in [0.2, 0.25) is 11.8 Å². The standard InChI is InChI=1S/C27H35N3O4/c1-19-16-30(17-20(2)34-19)18-23-7-4-3-6-22(23)15-28-26(31)8-5-13-33-24-10-11-25-21(14-24)9-12-27(32)29-25/h3-4,6-7,10-11,14,19-20H,5,8-9,12-13,15-18H2,1-2H3,(H,28,31)(H,29,32). The normalized spacial score (nSPS) is 20.4. The number of amides is 2. The summed E-state index contributed by atoms with van der Waals surface area (Å²) in [6, 6.07) is 14.0. The largest absolute Gasteiger partial charge is 0.494 e. The van der Waals surface area contributed by atoms with Crippen molar-refractivity contribution in [2.24, 2.45) is 0 Å². The van der Waals surface area contributed by atoms with Crippen LogP contribution in [0.15, 0.2) is 42.5 Å². The third kappa shape index (κ3) is 6.81. The van der Waals surface area contributed by atoms with Crippen molar-refractivity contribution >= 4 is 17.5 Å². The zero-order chi connectivity index (χ0) is 23.9. The fourth-order valence-electron chi connectivity index (χ4n) is 4.69. The minimum atomic E-state index is 0.0279. The van der Waals surface area contributed by atoms with Gasteiger partial charge in [0.1, 0.15) is 5.75 Å². The maximum Gasteiger partial charge on any atom is 0.224 e. The van der Waals surface area contributed by atoms with Crippen LogP contribution in [0.2, 0.25) is 0 Å². The number of rotatable bonds is 9. The molecule has 2 aromatic rings. The first-order valence-corrected chi connectivity index (χ1v) is 12.2. The molecule has 2 aromatic carbocycles. The second-order valence-electron chi connectivity index (χ2n) is 9.32. The van der Waals surface area contributed by atoms with Crippen LogP contribution in [-0.4, -0.2) is 48.6 Å². The molecule has 2 aliphatic rings. The van der Waals surface area contributed by atoms with E-state index in [4.69, 9.17) is 9.47 Å². The number of nitrogens with zero attached hydrogens (tertiary/aromatic N) is 1. The Morgan fingerprint density at radius 2 is 1.88 bits per heavy atom. The van der Waals surface area contributed by atoms with Gasteiger partial charge in [-0.3, -0.25) is 14.5 Å². The Balaban J connectivity index is 1.19. The molecule has 34 heavy (non-hydrogen) atoms. The molecule has 2 N–H and O–H groups in total. The number of ether oxygens (including phenoxy) is 2. The van der Waals surface area contributed by atoms with Crippen LogP contribution in [0.5, 0.6) is 5.75 Å². The minimum Gasteiger partial charge on any atom is -0.494 e. The minimum absolute atomic E-state index is 0.0279. The maximum atomic E-state index is 12.4. The maximum absolute atomic E-state index is 12.4. The molecule has 1 fully saturated rings. The topological polar surface area (TPSA) is 79.9 Å². The number of carbonyl (C=O) groups is 2. The third-order valence-corrected chi connectivity index (χ3v) is 6.27. The Morgan fingerprint density at radius 1 is 1.12 bits per heavy atom. The van der Waals surface area contributed by atoms with Gasteiger partial charge in [-0.1, -0.05) is 24.3 Å². The van der Waals surface area contributed by atoms with E-state index in [0.717, 1.165) is 48.6 Å². The lowest BCUT2D eigenvalue weighted by Gasteiger charge is -2.35. The Kier molecular flexibility index (Phi) is 8.19. The van der Waals surface area contributed by atoms with E-state index in [1.807, 2.05) is 24.3 Å². The monoisotopic (exact) mass is 465 g/mol. The summed E-state index contributed by atoms with van der Waals surface area (Å²) in [6.07, 6.45) is 2.77. The second kappa shape index (κ2) is 11.5. The molecule has 2 atom stereocenters. The van der Waals surface area contributed by atoms with Crippen LogP contribution in [-0.2, 0) is 33.8 Å². The molecule has 2 unspecified atom stereocenters. The predicted octanol–water partition coefficient (Wildman–Crippen LogP) is 3.66. The van der Waals surface area contributed by atoms with Crippen LogP contribution in [0, 0.1) is 0 Å². The molecule has 2 heterocycles. The molecule has 4 rings (SSSR count). The van der Waals surface area contributed by atoms with Gasteiger partial charge < -0.3 is 20.1 Å². The lowest BCUT2D eigenvalue weighted by atomic mass is 10.0. The van der Waals surface area contributed by atoms with Crippen molar-refractivity contribution in [1.29, 1.82) is 0 Å². The van der Waals surface area contributed by atoms with Crippen molar-refractivity contribution < 1.29 is 19.1 Å². The van der Waals surface area contributed by atoms with Crippen molar-refractivity contribution in [3.8, 4) is 5.75 Å². The van der Waals surface area contributed by atoms with E-state index >= 15 is 0 Å². The smallest absolute Gasteiger partial charge is 0.224 e. The Hall–Kier alpha value is -2.90. The summed E-state index contributed by atoms with van der Waals surface area (Å²) in [6.45, 7) is 7.94. The number of morpholine rings is 1. The van der Waals surface area contributed by atoms with Crippen LogP contribution in [0.1, 0.15) is 49.8 Å². The summed E-state index contributed by atoms with van der Waals surface area (Å²) < 4.78 is 11.7. The Bertz CT molecular complexity index is 999. The van der Waals surface area contributed by atoms with Crippen LogP contribution in [0.25, 0.3) is 0 Å². The average molecular weight is 466 g/mol. The highest BCUT2D eigenvalue weighted by molar-refractivity contribution is 5.94. The van der Waals surface area contributed by atoms with Crippen molar-refractivity contribution in [3.63, 3.8) is 0 Å². The molecular weight excluding hydrogens is 430 g/mol. The molecule has 0 radical (unpaired) electrons. The van der Waals surface area contributed by atoms with Gasteiger partial charge in [0.15, 0.2) is 0 Å². The van der Waals surface area contributed by atoms with E-state index in [1.165, 1.54) is 5.56 Å². The molecule has 2 aliphatic heterocycles. The molecule has 0 aromatic heterocycles. The molecule has 1 saturated heterocycles. The Morgan fingerprint density at radius 3 is 2.68 bits per heavy atom. The van der Waals surface area contributed by atoms with Gasteiger partial charge in [-0.15, -0.1) is 0 Å². The van der Waals surface area contributed by atoms with Crippen LogP contribution in [0.4, 0.5) is 5.69 Å². The van der Waals surface area contributed by atoms with Gasteiger partial charge in [0, 0.05) is 44.7 Å². The van der Waals surface area contributed by atoms with E-state index in [0.29, 0.717) is 32.4 Å². The van der Waals surface area contributed by atoms with Gasteiger partial charge in [-0.25, -0.2) is 0 Å². The van der Waals surface area contributed by atoms with E-state index < -0.39 is 0 Å². The zero-order valence-corrected chi connectivity index (χ0v) is 20.1. The summed E-state index contributed by atoms with van der Waals surface area (Å²) >= 11 is 0.